The van der Waals surface area contributed by atoms with Crippen molar-refractivity contribution in [2.45, 2.75) is 23.4 Å². The number of carboxylic acid groups (broad SMARTS) is 1. The summed E-state index contributed by atoms with van der Waals surface area (Å²) in [5.41, 5.74) is 0.335. The largest absolute Gasteiger partial charge is 0.478 e. The Morgan fingerprint density at radius 3 is 2.30 bits per heavy atom. The molecule has 0 aliphatic rings. The summed E-state index contributed by atoms with van der Waals surface area (Å²) in [5, 5.41) is 18.3. The van der Waals surface area contributed by atoms with Crippen molar-refractivity contribution in [2.75, 3.05) is 0 Å². The average molecular weight is 428 g/mol. The van der Waals surface area contributed by atoms with Crippen LogP contribution < -0.4 is 0 Å². The van der Waals surface area contributed by atoms with Gasteiger partial charge in [0.1, 0.15) is 11.1 Å². The predicted octanol–water partition coefficient (Wildman–Crippen LogP) is 5.55. The number of aromatic nitrogens is 1. The maximum atomic E-state index is 13.6. The summed E-state index contributed by atoms with van der Waals surface area (Å²) in [6, 6.07) is 17.6. The summed E-state index contributed by atoms with van der Waals surface area (Å²) in [4.78, 5) is 15.3. The maximum absolute atomic E-state index is 13.6. The van der Waals surface area contributed by atoms with E-state index in [0.717, 1.165) is 23.4 Å². The first kappa shape index (κ1) is 21.4. The minimum absolute atomic E-state index is 0.000525. The molecule has 0 radical (unpaired) electrons. The Labute approximate surface area is 175 Å². The van der Waals surface area contributed by atoms with E-state index in [-0.39, 0.29) is 28.5 Å². The van der Waals surface area contributed by atoms with E-state index in [1.54, 1.807) is 42.5 Å². The van der Waals surface area contributed by atoms with Crippen LogP contribution in [-0.2, 0) is 18.3 Å². The molecule has 0 spiro atoms. The first-order chi connectivity index (χ1) is 14.3. The van der Waals surface area contributed by atoms with Crippen LogP contribution in [0.4, 0.5) is 13.2 Å². The van der Waals surface area contributed by atoms with E-state index in [0.29, 0.717) is 5.56 Å². The number of carbonyl (C=O) groups is 1. The summed E-state index contributed by atoms with van der Waals surface area (Å²) >= 11 is 1.01. The number of halogens is 3. The Morgan fingerprint density at radius 1 is 1.07 bits per heavy atom. The van der Waals surface area contributed by atoms with Crippen molar-refractivity contribution < 1.29 is 23.1 Å². The highest BCUT2D eigenvalue weighted by molar-refractivity contribution is 7.98. The number of nitriles is 1. The van der Waals surface area contributed by atoms with Crippen molar-refractivity contribution in [3.8, 4) is 6.07 Å². The lowest BCUT2D eigenvalue weighted by atomic mass is 10.0. The third-order valence-electron chi connectivity index (χ3n) is 4.26. The second-order valence-corrected chi connectivity index (χ2v) is 7.37. The molecule has 2 aromatic carbocycles. The Morgan fingerprint density at radius 2 is 1.73 bits per heavy atom. The summed E-state index contributed by atoms with van der Waals surface area (Å²) in [6.07, 6.45) is -4.48. The number of hydrogen-bond acceptors (Lipinski definition) is 4. The van der Waals surface area contributed by atoms with Crippen LogP contribution in [0.25, 0.3) is 0 Å². The lowest BCUT2D eigenvalue weighted by Gasteiger charge is -2.14. The summed E-state index contributed by atoms with van der Waals surface area (Å²) in [6.45, 7) is 0. The van der Waals surface area contributed by atoms with Crippen LogP contribution in [0.3, 0.4) is 0 Å². The Kier molecular flexibility index (Phi) is 6.43. The third-order valence-corrected chi connectivity index (χ3v) is 5.31. The lowest BCUT2D eigenvalue weighted by Crippen LogP contribution is -2.11. The Bertz CT molecular complexity index is 1090. The Balaban J connectivity index is 1.93. The van der Waals surface area contributed by atoms with Gasteiger partial charge in [0.2, 0.25) is 0 Å². The molecule has 0 saturated heterocycles. The van der Waals surface area contributed by atoms with Gasteiger partial charge in [-0.3, -0.25) is 0 Å². The molecule has 0 saturated carbocycles. The van der Waals surface area contributed by atoms with E-state index in [4.69, 9.17) is 5.11 Å². The van der Waals surface area contributed by atoms with E-state index in [1.807, 2.05) is 6.07 Å². The van der Waals surface area contributed by atoms with Gasteiger partial charge in [-0.2, -0.15) is 18.4 Å². The fourth-order valence-corrected chi connectivity index (χ4v) is 3.78. The van der Waals surface area contributed by atoms with Crippen LogP contribution in [0.15, 0.2) is 65.7 Å². The summed E-state index contributed by atoms with van der Waals surface area (Å²) < 4.78 is 40.7. The van der Waals surface area contributed by atoms with Crippen molar-refractivity contribution in [1.29, 1.82) is 5.26 Å². The average Bonchev–Trinajstić information content (AvgIpc) is 2.72. The second kappa shape index (κ2) is 9.01. The second-order valence-electron chi connectivity index (χ2n) is 6.40. The van der Waals surface area contributed by atoms with Gasteiger partial charge in [-0.05, 0) is 29.3 Å². The molecule has 0 atom stereocenters. The van der Waals surface area contributed by atoms with E-state index in [2.05, 4.69) is 4.98 Å². The van der Waals surface area contributed by atoms with Crippen molar-refractivity contribution in [1.82, 2.24) is 4.98 Å². The molecule has 8 heteroatoms. The molecule has 3 rings (SSSR count). The number of alkyl halides is 3. The van der Waals surface area contributed by atoms with Gasteiger partial charge in [0.25, 0.3) is 0 Å². The van der Waals surface area contributed by atoms with Crippen LogP contribution in [-0.4, -0.2) is 16.1 Å². The predicted molar refractivity (Wildman–Crippen MR) is 106 cm³/mol. The standard InChI is InChI=1S/C22H15F3N2O2S/c23-22(24,25)19-11-17(10-14-4-2-1-3-5-14)27-20(18(19)12-26)30-13-15-6-8-16(9-7-15)21(28)29/h1-9,11H,10,13H2,(H,28,29). The molecule has 30 heavy (non-hydrogen) atoms. The highest BCUT2D eigenvalue weighted by atomic mass is 32.2. The van der Waals surface area contributed by atoms with Crippen LogP contribution >= 0.6 is 11.8 Å². The van der Waals surface area contributed by atoms with Crippen molar-refractivity contribution in [3.63, 3.8) is 0 Å². The number of benzene rings is 2. The van der Waals surface area contributed by atoms with Gasteiger partial charge in [0.05, 0.1) is 16.7 Å². The van der Waals surface area contributed by atoms with E-state index in [9.17, 15) is 23.2 Å². The molecule has 1 N–H and O–H groups in total. The third kappa shape index (κ3) is 5.19. The van der Waals surface area contributed by atoms with E-state index < -0.39 is 23.3 Å². The number of rotatable bonds is 6. The molecule has 3 aromatic rings. The highest BCUT2D eigenvalue weighted by Crippen LogP contribution is 2.37. The quantitative estimate of drug-likeness (QED) is 0.521. The van der Waals surface area contributed by atoms with Gasteiger partial charge in [-0.1, -0.05) is 42.5 Å². The number of pyridine rings is 1. The van der Waals surface area contributed by atoms with Crippen molar-refractivity contribution >= 4 is 17.7 Å². The molecule has 0 amide bonds. The molecule has 4 nitrogen and oxygen atoms in total. The van der Waals surface area contributed by atoms with Gasteiger partial charge in [-0.15, -0.1) is 11.8 Å². The van der Waals surface area contributed by atoms with Gasteiger partial charge in [0.15, 0.2) is 0 Å². The van der Waals surface area contributed by atoms with E-state index >= 15 is 0 Å². The number of nitrogens with zero attached hydrogens (tertiary/aromatic N) is 2. The van der Waals surface area contributed by atoms with Crippen LogP contribution in [0, 0.1) is 11.3 Å². The van der Waals surface area contributed by atoms with Crippen LogP contribution in [0.2, 0.25) is 0 Å². The van der Waals surface area contributed by atoms with Crippen molar-refractivity contribution in [3.05, 3.63) is 94.2 Å². The van der Waals surface area contributed by atoms with Gasteiger partial charge in [-0.25, -0.2) is 9.78 Å². The zero-order valence-corrected chi connectivity index (χ0v) is 16.3. The lowest BCUT2D eigenvalue weighted by molar-refractivity contribution is -0.138. The molecule has 1 aromatic heterocycles. The maximum Gasteiger partial charge on any atom is 0.417 e. The zero-order valence-electron chi connectivity index (χ0n) is 15.5. The van der Waals surface area contributed by atoms with Crippen molar-refractivity contribution in [2.24, 2.45) is 0 Å². The molecule has 0 bridgehead atoms. The molecule has 0 unspecified atom stereocenters. The van der Waals surface area contributed by atoms with Crippen LogP contribution in [0.5, 0.6) is 0 Å². The topological polar surface area (TPSA) is 74.0 Å². The molecule has 0 fully saturated rings. The first-order valence-electron chi connectivity index (χ1n) is 8.78. The number of thioether (sulfide) groups is 1. The number of carboxylic acids is 1. The fraction of sp³-hybridized carbons (Fsp3) is 0.136. The minimum atomic E-state index is -4.68. The molecular formula is C22H15F3N2O2S. The van der Waals surface area contributed by atoms with Gasteiger partial charge >= 0.3 is 12.1 Å². The number of hydrogen-bond donors (Lipinski definition) is 1. The molecule has 0 aliphatic carbocycles. The van der Waals surface area contributed by atoms with E-state index in [1.165, 1.54) is 12.1 Å². The van der Waals surface area contributed by atoms with Gasteiger partial charge < -0.3 is 5.11 Å². The molecule has 0 aliphatic heterocycles. The molecule has 152 valence electrons. The smallest absolute Gasteiger partial charge is 0.417 e. The first-order valence-corrected chi connectivity index (χ1v) is 9.76. The fourth-order valence-electron chi connectivity index (χ4n) is 2.80. The van der Waals surface area contributed by atoms with Gasteiger partial charge in [0, 0.05) is 17.9 Å². The highest BCUT2D eigenvalue weighted by Gasteiger charge is 2.36. The normalized spacial score (nSPS) is 11.1. The SMILES string of the molecule is N#Cc1c(C(F)(F)F)cc(Cc2ccccc2)nc1SCc1ccc(C(=O)O)cc1. The molecular weight excluding hydrogens is 413 g/mol. The van der Waals surface area contributed by atoms with Crippen LogP contribution in [0.1, 0.15) is 38.3 Å². The summed E-state index contributed by atoms with van der Waals surface area (Å²) in [5.74, 6) is -0.820. The minimum Gasteiger partial charge on any atom is -0.478 e. The Hall–Kier alpha value is -3.31. The number of aromatic carboxylic acids is 1. The zero-order chi connectivity index (χ0) is 21.7. The molecule has 1 heterocycles. The monoisotopic (exact) mass is 428 g/mol. The summed E-state index contributed by atoms with van der Waals surface area (Å²) in [7, 11) is 0.